The van der Waals surface area contributed by atoms with Gasteiger partial charge in [0, 0.05) is 0 Å². The normalized spacial score (nSPS) is 8.56. The summed E-state index contributed by atoms with van der Waals surface area (Å²) in [5.41, 5.74) is 0. The van der Waals surface area contributed by atoms with Crippen LogP contribution in [-0.4, -0.2) is 0 Å². The summed E-state index contributed by atoms with van der Waals surface area (Å²) in [7, 11) is 0. The summed E-state index contributed by atoms with van der Waals surface area (Å²) in [6, 6.07) is 9.91. The molecule has 0 spiro atoms. The van der Waals surface area contributed by atoms with Gasteiger partial charge in [-0.05, 0) is 0 Å². The Labute approximate surface area is 64.4 Å². The molecular formula is C7H8OTi. The maximum atomic E-state index is 5.33. The summed E-state index contributed by atoms with van der Waals surface area (Å²) in [5, 5.41) is 2.10. The molecule has 0 amide bonds. The molecule has 0 saturated heterocycles. The SMILES string of the molecule is [CH3][Ti][O]c1ccccc1. The Hall–Kier alpha value is -0.266. The molecule has 0 fully saturated rings. The van der Waals surface area contributed by atoms with E-state index in [0.717, 1.165) is 5.75 Å². The van der Waals surface area contributed by atoms with Gasteiger partial charge in [0.1, 0.15) is 0 Å². The topological polar surface area (TPSA) is 9.23 Å². The predicted octanol–water partition coefficient (Wildman–Crippen LogP) is 2.11. The van der Waals surface area contributed by atoms with Crippen molar-refractivity contribution < 1.29 is 22.9 Å². The Morgan fingerprint density at radius 3 is 2.44 bits per heavy atom. The van der Waals surface area contributed by atoms with Crippen LogP contribution < -0.4 is 3.32 Å². The Morgan fingerprint density at radius 1 is 1.22 bits per heavy atom. The van der Waals surface area contributed by atoms with E-state index in [4.69, 9.17) is 3.32 Å². The van der Waals surface area contributed by atoms with Crippen molar-refractivity contribution in [2.24, 2.45) is 0 Å². The van der Waals surface area contributed by atoms with Crippen molar-refractivity contribution in [3.05, 3.63) is 30.3 Å². The summed E-state index contributed by atoms with van der Waals surface area (Å²) < 4.78 is 5.33. The second kappa shape index (κ2) is 3.70. The van der Waals surface area contributed by atoms with Crippen LogP contribution >= 0.6 is 0 Å². The first-order chi connectivity index (χ1) is 4.43. The van der Waals surface area contributed by atoms with Crippen molar-refractivity contribution in [2.75, 3.05) is 0 Å². The molecule has 0 aliphatic heterocycles. The number of benzene rings is 1. The predicted molar refractivity (Wildman–Crippen MR) is 32.9 cm³/mol. The average Bonchev–Trinajstić information content (AvgIpc) is 1.91. The van der Waals surface area contributed by atoms with E-state index in [1.165, 1.54) is 0 Å². The zero-order chi connectivity index (χ0) is 6.53. The van der Waals surface area contributed by atoms with Gasteiger partial charge in [-0.1, -0.05) is 0 Å². The van der Waals surface area contributed by atoms with Gasteiger partial charge in [0.05, 0.1) is 0 Å². The molecule has 2 heteroatoms. The van der Waals surface area contributed by atoms with Crippen LogP contribution in [0.4, 0.5) is 0 Å². The van der Waals surface area contributed by atoms with Crippen LogP contribution in [0.3, 0.4) is 0 Å². The molecule has 1 aromatic rings. The monoisotopic (exact) mass is 156 g/mol. The quantitative estimate of drug-likeness (QED) is 0.595. The van der Waals surface area contributed by atoms with Crippen LogP contribution in [0, 0.1) is 0 Å². The first-order valence-corrected chi connectivity index (χ1v) is 5.02. The Balaban J connectivity index is 2.61. The molecule has 0 aromatic heterocycles. The molecule has 46 valence electrons. The van der Waals surface area contributed by atoms with Gasteiger partial charge in [0.15, 0.2) is 0 Å². The van der Waals surface area contributed by atoms with Crippen molar-refractivity contribution in [2.45, 2.75) is 5.23 Å². The minimum atomic E-state index is -0.182. The third-order valence-electron chi connectivity index (χ3n) is 0.963. The van der Waals surface area contributed by atoms with Gasteiger partial charge in [-0.2, -0.15) is 0 Å². The van der Waals surface area contributed by atoms with Gasteiger partial charge in [0.25, 0.3) is 0 Å². The van der Waals surface area contributed by atoms with Gasteiger partial charge in [-0.15, -0.1) is 0 Å². The van der Waals surface area contributed by atoms with E-state index < -0.39 is 0 Å². The summed E-state index contributed by atoms with van der Waals surface area (Å²) in [6.45, 7) is 0. The molecule has 0 radical (unpaired) electrons. The minimum absolute atomic E-state index is 0.182. The fraction of sp³-hybridized carbons (Fsp3) is 0.143. The van der Waals surface area contributed by atoms with E-state index in [2.05, 4.69) is 5.23 Å². The third kappa shape index (κ3) is 2.21. The van der Waals surface area contributed by atoms with E-state index in [1.54, 1.807) is 0 Å². The van der Waals surface area contributed by atoms with Crippen molar-refractivity contribution in [3.63, 3.8) is 0 Å². The molecule has 0 unspecified atom stereocenters. The number of rotatable bonds is 2. The number of para-hydroxylation sites is 1. The molecular weight excluding hydrogens is 148 g/mol. The molecule has 0 N–H and O–H groups in total. The van der Waals surface area contributed by atoms with E-state index in [9.17, 15) is 0 Å². The van der Waals surface area contributed by atoms with Crippen LogP contribution in [0.2, 0.25) is 5.23 Å². The second-order valence-electron chi connectivity index (χ2n) is 1.62. The Bertz CT molecular complexity index is 162. The molecule has 1 nitrogen and oxygen atoms in total. The molecule has 0 saturated carbocycles. The van der Waals surface area contributed by atoms with E-state index in [0.29, 0.717) is 0 Å². The summed E-state index contributed by atoms with van der Waals surface area (Å²) in [6.07, 6.45) is 0. The van der Waals surface area contributed by atoms with Crippen LogP contribution in [0.25, 0.3) is 0 Å². The number of hydrogen-bond donors (Lipinski definition) is 0. The Kier molecular flexibility index (Phi) is 2.82. The molecule has 1 aromatic carbocycles. The molecule has 9 heavy (non-hydrogen) atoms. The third-order valence-corrected chi connectivity index (χ3v) is 1.65. The fourth-order valence-corrected chi connectivity index (χ4v) is 1.19. The zero-order valence-electron chi connectivity index (χ0n) is 5.29. The Morgan fingerprint density at radius 2 is 1.89 bits per heavy atom. The van der Waals surface area contributed by atoms with Crippen molar-refractivity contribution >= 4 is 0 Å². The van der Waals surface area contributed by atoms with Gasteiger partial charge >= 0.3 is 64.2 Å². The van der Waals surface area contributed by atoms with Crippen LogP contribution in [0.5, 0.6) is 5.75 Å². The summed E-state index contributed by atoms with van der Waals surface area (Å²) in [5.74, 6) is 1.00. The standard InChI is InChI=1S/C6H6O.CH3.Ti/c7-6-4-2-1-3-5-6;;/h1-5,7H;1H3;/q;;+1/p-1. The molecule has 0 aliphatic carbocycles. The van der Waals surface area contributed by atoms with Crippen LogP contribution in [0.1, 0.15) is 0 Å². The van der Waals surface area contributed by atoms with Crippen molar-refractivity contribution in [3.8, 4) is 5.75 Å². The van der Waals surface area contributed by atoms with E-state index in [1.807, 2.05) is 30.3 Å². The molecule has 0 atom stereocenters. The van der Waals surface area contributed by atoms with E-state index in [-0.39, 0.29) is 19.5 Å². The van der Waals surface area contributed by atoms with Crippen LogP contribution in [0.15, 0.2) is 30.3 Å². The summed E-state index contributed by atoms with van der Waals surface area (Å²) >= 11 is -0.182. The van der Waals surface area contributed by atoms with Crippen molar-refractivity contribution in [1.29, 1.82) is 0 Å². The average molecular weight is 156 g/mol. The first-order valence-electron chi connectivity index (χ1n) is 2.82. The molecule has 1 rings (SSSR count). The van der Waals surface area contributed by atoms with Crippen molar-refractivity contribution in [1.82, 2.24) is 0 Å². The first kappa shape index (κ1) is 6.85. The number of hydrogen-bond acceptors (Lipinski definition) is 1. The zero-order valence-corrected chi connectivity index (χ0v) is 6.86. The maximum absolute atomic E-state index is 5.33. The van der Waals surface area contributed by atoms with Crippen LogP contribution in [-0.2, 0) is 19.5 Å². The van der Waals surface area contributed by atoms with E-state index >= 15 is 0 Å². The molecule has 0 heterocycles. The fourth-order valence-electron chi connectivity index (χ4n) is 0.606. The van der Waals surface area contributed by atoms with Gasteiger partial charge < -0.3 is 0 Å². The van der Waals surface area contributed by atoms with Gasteiger partial charge in [-0.25, -0.2) is 0 Å². The molecule has 0 aliphatic rings. The molecule has 0 bridgehead atoms. The summed E-state index contributed by atoms with van der Waals surface area (Å²) in [4.78, 5) is 0. The second-order valence-corrected chi connectivity index (χ2v) is 2.58. The van der Waals surface area contributed by atoms with Gasteiger partial charge in [0.2, 0.25) is 0 Å². The van der Waals surface area contributed by atoms with Gasteiger partial charge in [-0.3, -0.25) is 0 Å².